The molecule has 136 valence electrons. The molecule has 1 rings (SSSR count). The summed E-state index contributed by atoms with van der Waals surface area (Å²) in [6.45, 7) is 5.49. The highest BCUT2D eigenvalue weighted by molar-refractivity contribution is 7.84. The molecule has 1 unspecified atom stereocenters. The van der Waals surface area contributed by atoms with Crippen LogP contribution in [0.25, 0.3) is 0 Å². The van der Waals surface area contributed by atoms with Gasteiger partial charge >= 0.3 is 5.97 Å². The lowest BCUT2D eigenvalue weighted by Gasteiger charge is -2.07. The molecule has 1 aromatic heterocycles. The zero-order valence-corrected chi connectivity index (χ0v) is 15.0. The van der Waals surface area contributed by atoms with E-state index in [0.717, 1.165) is 12.8 Å². The molecule has 1 N–H and O–H groups in total. The molecule has 1 heterocycles. The second kappa shape index (κ2) is 11.8. The summed E-state index contributed by atoms with van der Waals surface area (Å²) in [4.78, 5) is 26.2. The second-order valence-electron chi connectivity index (χ2n) is 5.10. The van der Waals surface area contributed by atoms with Crippen molar-refractivity contribution in [2.45, 2.75) is 32.4 Å². The number of aromatic nitrogens is 1. The molecular weight excluding hydrogens is 334 g/mol. The quantitative estimate of drug-likeness (QED) is 0.447. The maximum Gasteiger partial charge on any atom is 0.318 e. The summed E-state index contributed by atoms with van der Waals surface area (Å²) in [5, 5.41) is 0. The summed E-state index contributed by atoms with van der Waals surface area (Å²) in [6, 6.07) is 1.34. The Morgan fingerprint density at radius 1 is 1.17 bits per heavy atom. The molecule has 8 heteroatoms. The van der Waals surface area contributed by atoms with Gasteiger partial charge in [-0.1, -0.05) is 13.8 Å². The van der Waals surface area contributed by atoms with E-state index in [0.29, 0.717) is 25.5 Å². The van der Waals surface area contributed by atoms with Gasteiger partial charge in [0.1, 0.15) is 12.4 Å². The van der Waals surface area contributed by atoms with Crippen molar-refractivity contribution in [1.29, 1.82) is 0 Å². The average Bonchev–Trinajstić information content (AvgIpc) is 2.53. The van der Waals surface area contributed by atoms with Crippen LogP contribution in [0.3, 0.4) is 0 Å². The third-order valence-corrected chi connectivity index (χ3v) is 4.02. The van der Waals surface area contributed by atoms with Crippen molar-refractivity contribution in [2.75, 3.05) is 32.2 Å². The lowest BCUT2D eigenvalue weighted by Crippen LogP contribution is -2.18. The number of carbonyl (C=O) groups excluding carboxylic acids is 1. The number of pyridine rings is 1. The molecule has 0 aliphatic carbocycles. The minimum Gasteiger partial charge on any atom is -0.488 e. The van der Waals surface area contributed by atoms with Crippen LogP contribution in [0.4, 0.5) is 0 Å². The standard InChI is InChI=1S/C16H25NO6S/c1-3-5-21-7-8-23-16(19)12-24(20)11-13-9-14(18)15(10-17-13)22-6-4-2/h9-10H,3-8,11-12H2,1-2H3,(H,17,18). The summed E-state index contributed by atoms with van der Waals surface area (Å²) in [5.74, 6) is -0.453. The van der Waals surface area contributed by atoms with Crippen LogP contribution in [0, 0.1) is 0 Å². The highest BCUT2D eigenvalue weighted by Gasteiger charge is 2.11. The van der Waals surface area contributed by atoms with Gasteiger partial charge in [0.2, 0.25) is 5.43 Å². The van der Waals surface area contributed by atoms with Crippen molar-refractivity contribution in [3.05, 3.63) is 28.2 Å². The number of hydrogen-bond acceptors (Lipinski definition) is 6. The van der Waals surface area contributed by atoms with Crippen LogP contribution in [0.5, 0.6) is 5.75 Å². The first-order valence-corrected chi connectivity index (χ1v) is 9.48. The maximum absolute atomic E-state index is 12.0. The van der Waals surface area contributed by atoms with E-state index in [-0.39, 0.29) is 29.3 Å². The Morgan fingerprint density at radius 3 is 2.58 bits per heavy atom. The molecule has 24 heavy (non-hydrogen) atoms. The van der Waals surface area contributed by atoms with Crippen molar-refractivity contribution in [1.82, 2.24) is 4.98 Å². The number of carbonyl (C=O) groups is 1. The first kappa shape index (κ1) is 20.4. The largest absolute Gasteiger partial charge is 0.488 e. The van der Waals surface area contributed by atoms with E-state index in [2.05, 4.69) is 4.98 Å². The van der Waals surface area contributed by atoms with E-state index in [4.69, 9.17) is 14.2 Å². The minimum absolute atomic E-state index is 0.0741. The van der Waals surface area contributed by atoms with Gasteiger partial charge in [-0.05, 0) is 12.8 Å². The minimum atomic E-state index is -1.46. The fourth-order valence-corrected chi connectivity index (χ4v) is 2.73. The lowest BCUT2D eigenvalue weighted by atomic mass is 10.3. The van der Waals surface area contributed by atoms with Gasteiger partial charge in [-0.3, -0.25) is 13.8 Å². The fourth-order valence-electron chi connectivity index (χ4n) is 1.77. The monoisotopic (exact) mass is 359 g/mol. The van der Waals surface area contributed by atoms with Crippen molar-refractivity contribution < 1.29 is 23.2 Å². The second-order valence-corrected chi connectivity index (χ2v) is 6.55. The number of rotatable bonds is 12. The molecule has 0 bridgehead atoms. The zero-order valence-electron chi connectivity index (χ0n) is 14.2. The van der Waals surface area contributed by atoms with Gasteiger partial charge < -0.3 is 19.2 Å². The molecule has 0 radical (unpaired) electrons. The number of H-pyrrole nitrogens is 1. The molecule has 0 saturated heterocycles. The molecule has 0 spiro atoms. The Labute approximate surface area is 144 Å². The number of nitrogens with one attached hydrogen (secondary N) is 1. The maximum atomic E-state index is 12.0. The normalized spacial score (nSPS) is 11.9. The van der Waals surface area contributed by atoms with Crippen LogP contribution in [0.2, 0.25) is 0 Å². The van der Waals surface area contributed by atoms with Crippen molar-refractivity contribution in [3.8, 4) is 5.75 Å². The van der Waals surface area contributed by atoms with Crippen LogP contribution in [0.15, 0.2) is 17.1 Å². The van der Waals surface area contributed by atoms with Gasteiger partial charge in [0.15, 0.2) is 5.75 Å². The zero-order chi connectivity index (χ0) is 17.8. The summed E-state index contributed by atoms with van der Waals surface area (Å²) < 4.78 is 27.3. The number of esters is 1. The van der Waals surface area contributed by atoms with Crippen molar-refractivity contribution in [3.63, 3.8) is 0 Å². The number of hydrogen-bond donors (Lipinski definition) is 1. The van der Waals surface area contributed by atoms with Crippen LogP contribution < -0.4 is 10.2 Å². The summed E-state index contributed by atoms with van der Waals surface area (Å²) in [6.07, 6.45) is 3.16. The molecule has 0 aromatic carbocycles. The van der Waals surface area contributed by atoms with Gasteiger partial charge in [-0.25, -0.2) is 0 Å². The van der Waals surface area contributed by atoms with E-state index in [1.54, 1.807) is 0 Å². The van der Waals surface area contributed by atoms with Gasteiger partial charge in [0, 0.05) is 35.4 Å². The molecule has 1 aromatic rings. The smallest absolute Gasteiger partial charge is 0.318 e. The fraction of sp³-hybridized carbons (Fsp3) is 0.625. The van der Waals surface area contributed by atoms with Crippen LogP contribution in [0.1, 0.15) is 32.4 Å². The Balaban J connectivity index is 2.37. The molecule has 0 saturated carbocycles. The predicted molar refractivity (Wildman–Crippen MR) is 91.6 cm³/mol. The molecule has 0 aliphatic rings. The summed E-state index contributed by atoms with van der Waals surface area (Å²) in [5.41, 5.74) is 0.214. The molecule has 7 nitrogen and oxygen atoms in total. The van der Waals surface area contributed by atoms with E-state index in [1.807, 2.05) is 13.8 Å². The Morgan fingerprint density at radius 2 is 1.92 bits per heavy atom. The molecular formula is C16H25NO6S. The first-order chi connectivity index (χ1) is 11.6. The van der Waals surface area contributed by atoms with Crippen LogP contribution in [-0.4, -0.2) is 47.3 Å². The van der Waals surface area contributed by atoms with Gasteiger partial charge in [0.25, 0.3) is 0 Å². The molecule has 0 amide bonds. The number of ether oxygens (including phenoxy) is 3. The van der Waals surface area contributed by atoms with Crippen LogP contribution >= 0.6 is 0 Å². The van der Waals surface area contributed by atoms with E-state index in [9.17, 15) is 13.8 Å². The molecule has 1 atom stereocenters. The van der Waals surface area contributed by atoms with Crippen LogP contribution in [-0.2, 0) is 30.8 Å². The summed E-state index contributed by atoms with van der Waals surface area (Å²) in [7, 11) is -1.46. The SMILES string of the molecule is CCCOCCOC(=O)CS(=O)Cc1cc(=O)c(OCCC)c[nH]1. The van der Waals surface area contributed by atoms with E-state index < -0.39 is 16.8 Å². The van der Waals surface area contributed by atoms with Gasteiger partial charge in [-0.2, -0.15) is 0 Å². The van der Waals surface area contributed by atoms with Crippen molar-refractivity contribution in [2.24, 2.45) is 0 Å². The first-order valence-electron chi connectivity index (χ1n) is 7.99. The van der Waals surface area contributed by atoms with E-state index >= 15 is 0 Å². The topological polar surface area (TPSA) is 94.7 Å². The molecule has 0 fully saturated rings. The number of aromatic amines is 1. The average molecular weight is 359 g/mol. The van der Waals surface area contributed by atoms with E-state index in [1.165, 1.54) is 12.3 Å². The Bertz CT molecular complexity index is 586. The van der Waals surface area contributed by atoms with Crippen molar-refractivity contribution >= 4 is 16.8 Å². The Kier molecular flexibility index (Phi) is 10.0. The third-order valence-electron chi connectivity index (χ3n) is 2.83. The highest BCUT2D eigenvalue weighted by Crippen LogP contribution is 2.05. The van der Waals surface area contributed by atoms with Gasteiger partial charge in [-0.15, -0.1) is 0 Å². The van der Waals surface area contributed by atoms with Gasteiger partial charge in [0.05, 0.1) is 19.0 Å². The molecule has 0 aliphatic heterocycles. The summed E-state index contributed by atoms with van der Waals surface area (Å²) >= 11 is 0. The highest BCUT2D eigenvalue weighted by atomic mass is 32.2. The lowest BCUT2D eigenvalue weighted by molar-refractivity contribution is -0.142. The Hall–Kier alpha value is -1.67. The third kappa shape index (κ3) is 8.26. The predicted octanol–water partition coefficient (Wildman–Crippen LogP) is 1.38.